The Hall–Kier alpha value is -1.62. The smallest absolute Gasteiger partial charge is 0.251 e. The van der Waals surface area contributed by atoms with E-state index in [0.29, 0.717) is 0 Å². The molecule has 4 nitrogen and oxygen atoms in total. The molecule has 1 unspecified atom stereocenters. The highest BCUT2D eigenvalue weighted by Crippen LogP contribution is 2.33. The Bertz CT molecular complexity index is 786. The standard InChI is InChI=1S/C20H26BrN3O/c1-6-20(4,5)17-8-10-24(22-17)16-7-9-23(19(16)25)15-11-13(2)18(21)14(3)12-15/h8,10-12,16H,6-7,9H2,1-5H3. The number of benzene rings is 1. The molecular formula is C20H26BrN3O. The minimum absolute atomic E-state index is 0.0342. The maximum Gasteiger partial charge on any atom is 0.251 e. The zero-order valence-corrected chi connectivity index (χ0v) is 17.2. The Kier molecular flexibility index (Phi) is 4.80. The highest BCUT2D eigenvalue weighted by atomic mass is 79.9. The second kappa shape index (κ2) is 6.60. The van der Waals surface area contributed by atoms with Crippen LogP contribution in [0.2, 0.25) is 0 Å². The lowest BCUT2D eigenvalue weighted by molar-refractivity contribution is -0.120. The van der Waals surface area contributed by atoms with E-state index < -0.39 is 0 Å². The summed E-state index contributed by atoms with van der Waals surface area (Å²) in [6.07, 6.45) is 3.77. The molecule has 134 valence electrons. The average Bonchev–Trinajstić information content (AvgIpc) is 3.19. The molecule has 1 aromatic heterocycles. The SMILES string of the molecule is CCC(C)(C)c1ccn(C2CCN(c3cc(C)c(Br)c(C)c3)C2=O)n1. The molecule has 0 aliphatic carbocycles. The molecule has 1 saturated heterocycles. The van der Waals surface area contributed by atoms with Gasteiger partial charge in [0.25, 0.3) is 5.91 Å². The van der Waals surface area contributed by atoms with Crippen LogP contribution in [0.25, 0.3) is 0 Å². The van der Waals surface area contributed by atoms with Crippen LogP contribution in [0.4, 0.5) is 5.69 Å². The normalized spacial score (nSPS) is 18.2. The Balaban J connectivity index is 1.85. The van der Waals surface area contributed by atoms with E-state index in [4.69, 9.17) is 5.10 Å². The molecule has 0 spiro atoms. The van der Waals surface area contributed by atoms with Crippen molar-refractivity contribution in [1.82, 2.24) is 9.78 Å². The van der Waals surface area contributed by atoms with Crippen LogP contribution in [0.1, 0.15) is 56.5 Å². The summed E-state index contributed by atoms with van der Waals surface area (Å²) < 4.78 is 2.96. The molecule has 3 rings (SSSR count). The van der Waals surface area contributed by atoms with Crippen LogP contribution in [0.5, 0.6) is 0 Å². The number of nitrogens with zero attached hydrogens (tertiary/aromatic N) is 3. The zero-order valence-electron chi connectivity index (χ0n) is 15.6. The molecule has 0 bridgehead atoms. The molecule has 0 saturated carbocycles. The van der Waals surface area contributed by atoms with Crippen LogP contribution in [0, 0.1) is 13.8 Å². The van der Waals surface area contributed by atoms with Crippen molar-refractivity contribution < 1.29 is 4.79 Å². The number of hydrogen-bond acceptors (Lipinski definition) is 2. The third-order valence-corrected chi connectivity index (χ3v) is 6.67. The van der Waals surface area contributed by atoms with Gasteiger partial charge in [0, 0.05) is 28.3 Å². The fourth-order valence-corrected chi connectivity index (χ4v) is 3.53. The lowest BCUT2D eigenvalue weighted by atomic mass is 9.87. The molecule has 2 heterocycles. The maximum atomic E-state index is 13.0. The molecule has 1 aliphatic heterocycles. The van der Waals surface area contributed by atoms with E-state index >= 15 is 0 Å². The van der Waals surface area contributed by atoms with Gasteiger partial charge in [0.2, 0.25) is 0 Å². The van der Waals surface area contributed by atoms with Crippen molar-refractivity contribution in [2.75, 3.05) is 11.4 Å². The Morgan fingerprint density at radius 2 is 1.92 bits per heavy atom. The second-order valence-electron chi connectivity index (χ2n) is 7.61. The van der Waals surface area contributed by atoms with Gasteiger partial charge in [0.1, 0.15) is 6.04 Å². The third-order valence-electron chi connectivity index (χ3n) is 5.42. The van der Waals surface area contributed by atoms with Crippen LogP contribution in [-0.4, -0.2) is 22.2 Å². The number of aromatic nitrogens is 2. The summed E-state index contributed by atoms with van der Waals surface area (Å²) in [5.41, 5.74) is 4.37. The molecular weight excluding hydrogens is 378 g/mol. The third kappa shape index (κ3) is 3.26. The predicted octanol–water partition coefficient (Wildman–Crippen LogP) is 4.93. The average molecular weight is 404 g/mol. The lowest BCUT2D eigenvalue weighted by Gasteiger charge is -2.20. The molecule has 1 atom stereocenters. The quantitative estimate of drug-likeness (QED) is 0.725. The van der Waals surface area contributed by atoms with Gasteiger partial charge in [-0.2, -0.15) is 5.10 Å². The Morgan fingerprint density at radius 3 is 2.52 bits per heavy atom. The van der Waals surface area contributed by atoms with E-state index in [1.165, 1.54) is 0 Å². The number of carbonyl (C=O) groups is 1. The van der Waals surface area contributed by atoms with Crippen LogP contribution in [0.15, 0.2) is 28.9 Å². The summed E-state index contributed by atoms with van der Waals surface area (Å²) in [5, 5.41) is 4.72. The van der Waals surface area contributed by atoms with E-state index in [9.17, 15) is 4.79 Å². The van der Waals surface area contributed by atoms with Gasteiger partial charge in [-0.15, -0.1) is 0 Å². The van der Waals surface area contributed by atoms with Crippen LogP contribution in [-0.2, 0) is 10.2 Å². The number of rotatable bonds is 4. The highest BCUT2D eigenvalue weighted by Gasteiger charge is 2.35. The summed E-state index contributed by atoms with van der Waals surface area (Å²) in [7, 11) is 0. The van der Waals surface area contributed by atoms with E-state index in [2.05, 4.69) is 62.7 Å². The molecule has 1 amide bonds. The fraction of sp³-hybridized carbons (Fsp3) is 0.500. The van der Waals surface area contributed by atoms with Crippen molar-refractivity contribution in [1.29, 1.82) is 0 Å². The number of aryl methyl sites for hydroxylation is 2. The van der Waals surface area contributed by atoms with Crippen molar-refractivity contribution in [3.8, 4) is 0 Å². The van der Waals surface area contributed by atoms with Crippen molar-refractivity contribution in [3.63, 3.8) is 0 Å². The van der Waals surface area contributed by atoms with E-state index in [1.54, 1.807) is 0 Å². The Morgan fingerprint density at radius 1 is 1.28 bits per heavy atom. The first kappa shape index (κ1) is 18.2. The summed E-state index contributed by atoms with van der Waals surface area (Å²) in [6, 6.07) is 6.00. The number of anilines is 1. The molecule has 2 aromatic rings. The monoisotopic (exact) mass is 403 g/mol. The molecule has 0 N–H and O–H groups in total. The highest BCUT2D eigenvalue weighted by molar-refractivity contribution is 9.10. The van der Waals surface area contributed by atoms with Crippen LogP contribution < -0.4 is 4.90 Å². The maximum absolute atomic E-state index is 13.0. The predicted molar refractivity (Wildman–Crippen MR) is 105 cm³/mol. The Labute approximate surface area is 158 Å². The summed E-state index contributed by atoms with van der Waals surface area (Å²) in [4.78, 5) is 14.9. The first-order valence-corrected chi connectivity index (χ1v) is 9.67. The van der Waals surface area contributed by atoms with Crippen molar-refractivity contribution >= 4 is 27.5 Å². The molecule has 0 radical (unpaired) electrons. The van der Waals surface area contributed by atoms with Gasteiger partial charge in [-0.05, 0) is 56.0 Å². The second-order valence-corrected chi connectivity index (χ2v) is 8.40. The number of amides is 1. The van der Waals surface area contributed by atoms with E-state index in [-0.39, 0.29) is 17.4 Å². The van der Waals surface area contributed by atoms with Gasteiger partial charge in [-0.1, -0.05) is 36.7 Å². The van der Waals surface area contributed by atoms with Crippen molar-refractivity contribution in [2.45, 2.75) is 58.9 Å². The topological polar surface area (TPSA) is 38.1 Å². The summed E-state index contributed by atoms with van der Waals surface area (Å²) in [5.74, 6) is 0.130. The largest absolute Gasteiger partial charge is 0.310 e. The minimum atomic E-state index is -0.203. The van der Waals surface area contributed by atoms with Gasteiger partial charge < -0.3 is 4.90 Å². The van der Waals surface area contributed by atoms with Gasteiger partial charge in [0.05, 0.1) is 5.69 Å². The fourth-order valence-electron chi connectivity index (χ4n) is 3.30. The molecule has 1 fully saturated rings. The lowest BCUT2D eigenvalue weighted by Crippen LogP contribution is -2.29. The van der Waals surface area contributed by atoms with E-state index in [0.717, 1.165) is 46.4 Å². The zero-order chi connectivity index (χ0) is 18.4. The van der Waals surface area contributed by atoms with E-state index in [1.807, 2.05) is 21.8 Å². The molecule has 5 heteroatoms. The van der Waals surface area contributed by atoms with Crippen molar-refractivity contribution in [2.24, 2.45) is 0 Å². The first-order valence-electron chi connectivity index (χ1n) is 8.88. The number of halogens is 1. The first-order chi connectivity index (χ1) is 11.7. The van der Waals surface area contributed by atoms with Gasteiger partial charge in [-0.25, -0.2) is 0 Å². The van der Waals surface area contributed by atoms with Gasteiger partial charge in [-0.3, -0.25) is 9.48 Å². The van der Waals surface area contributed by atoms with Crippen molar-refractivity contribution in [3.05, 3.63) is 45.7 Å². The summed E-state index contributed by atoms with van der Waals surface area (Å²) in [6.45, 7) is 11.4. The molecule has 1 aromatic carbocycles. The van der Waals surface area contributed by atoms with Gasteiger partial charge >= 0.3 is 0 Å². The number of carbonyl (C=O) groups excluding carboxylic acids is 1. The summed E-state index contributed by atoms with van der Waals surface area (Å²) >= 11 is 3.60. The van der Waals surface area contributed by atoms with Crippen LogP contribution in [0.3, 0.4) is 0 Å². The number of hydrogen-bond donors (Lipinski definition) is 0. The minimum Gasteiger partial charge on any atom is -0.310 e. The molecule has 25 heavy (non-hydrogen) atoms. The van der Waals surface area contributed by atoms with Gasteiger partial charge in [0.15, 0.2) is 0 Å². The van der Waals surface area contributed by atoms with Crippen LogP contribution >= 0.6 is 15.9 Å². The molecule has 1 aliphatic rings.